The fourth-order valence-corrected chi connectivity index (χ4v) is 3.80. The summed E-state index contributed by atoms with van der Waals surface area (Å²) >= 11 is 0. The Labute approximate surface area is 160 Å². The summed E-state index contributed by atoms with van der Waals surface area (Å²) in [6, 6.07) is 9.33. The Morgan fingerprint density at radius 3 is 2.86 bits per heavy atom. The van der Waals surface area contributed by atoms with E-state index in [9.17, 15) is 19.4 Å². The molecule has 0 bridgehead atoms. The van der Waals surface area contributed by atoms with Crippen molar-refractivity contribution in [2.24, 2.45) is 5.41 Å². The zero-order chi connectivity index (χ0) is 19.7. The number of aromatic nitrogens is 2. The van der Waals surface area contributed by atoms with Crippen LogP contribution in [0.5, 0.6) is 0 Å². The van der Waals surface area contributed by atoms with Crippen LogP contribution in [0.15, 0.2) is 47.1 Å². The van der Waals surface area contributed by atoms with Gasteiger partial charge < -0.3 is 19.6 Å². The minimum atomic E-state index is -0.945. The van der Waals surface area contributed by atoms with E-state index in [0.29, 0.717) is 30.4 Å². The Hall–Kier alpha value is -2.84. The summed E-state index contributed by atoms with van der Waals surface area (Å²) in [5.41, 5.74) is 0.181. The summed E-state index contributed by atoms with van der Waals surface area (Å²) < 4.78 is 18.4. The Kier molecular flexibility index (Phi) is 4.82. The predicted molar refractivity (Wildman–Crippen MR) is 98.0 cm³/mol. The Bertz CT molecular complexity index is 991. The first kappa shape index (κ1) is 18.5. The molecule has 0 spiro atoms. The number of hydrogen-bond donors (Lipinski definition) is 2. The van der Waals surface area contributed by atoms with Crippen LogP contribution in [0.1, 0.15) is 22.5 Å². The van der Waals surface area contributed by atoms with Crippen molar-refractivity contribution >= 4 is 16.9 Å². The Morgan fingerprint density at radius 2 is 2.11 bits per heavy atom. The molecule has 1 fully saturated rings. The second-order valence-corrected chi connectivity index (χ2v) is 7.24. The van der Waals surface area contributed by atoms with Gasteiger partial charge in [0.1, 0.15) is 5.82 Å². The fraction of sp³-hybridized carbons (Fsp3) is 0.350. The molecule has 2 atom stereocenters. The van der Waals surface area contributed by atoms with Crippen molar-refractivity contribution in [1.82, 2.24) is 15.0 Å². The number of hydrogen-bond acceptors (Lipinski definition) is 6. The molecule has 1 aliphatic rings. The lowest BCUT2D eigenvalue weighted by atomic mass is 9.73. The van der Waals surface area contributed by atoms with Gasteiger partial charge in [0.15, 0.2) is 0 Å². The van der Waals surface area contributed by atoms with E-state index in [1.807, 2.05) is 0 Å². The molecular weight excluding hydrogens is 365 g/mol. The van der Waals surface area contributed by atoms with E-state index in [-0.39, 0.29) is 30.6 Å². The molecule has 2 aromatic heterocycles. The maximum absolute atomic E-state index is 13.2. The van der Waals surface area contributed by atoms with Gasteiger partial charge in [-0.15, -0.1) is 0 Å². The van der Waals surface area contributed by atoms with Gasteiger partial charge >= 0.3 is 0 Å². The van der Waals surface area contributed by atoms with Crippen LogP contribution in [0.2, 0.25) is 0 Å². The Morgan fingerprint density at radius 1 is 1.32 bits per heavy atom. The van der Waals surface area contributed by atoms with Crippen molar-refractivity contribution in [1.29, 1.82) is 0 Å². The molecule has 28 heavy (non-hydrogen) atoms. The van der Waals surface area contributed by atoms with Gasteiger partial charge in [-0.25, -0.2) is 9.37 Å². The van der Waals surface area contributed by atoms with Crippen LogP contribution < -0.4 is 0 Å². The fourth-order valence-electron chi connectivity index (χ4n) is 3.80. The molecule has 0 aliphatic carbocycles. The summed E-state index contributed by atoms with van der Waals surface area (Å²) in [6.07, 6.45) is 1.40. The van der Waals surface area contributed by atoms with E-state index < -0.39 is 11.5 Å². The van der Waals surface area contributed by atoms with Gasteiger partial charge in [0, 0.05) is 24.7 Å². The van der Waals surface area contributed by atoms with Crippen LogP contribution in [0.3, 0.4) is 0 Å². The topological polar surface area (TPSA) is 99.7 Å². The van der Waals surface area contributed by atoms with Crippen LogP contribution in [0.4, 0.5) is 4.39 Å². The highest BCUT2D eigenvalue weighted by atomic mass is 19.1. The van der Waals surface area contributed by atoms with E-state index >= 15 is 0 Å². The lowest BCUT2D eigenvalue weighted by Gasteiger charge is -2.45. The molecule has 1 aliphatic heterocycles. The van der Waals surface area contributed by atoms with Gasteiger partial charge in [0.05, 0.1) is 18.1 Å². The van der Waals surface area contributed by atoms with Gasteiger partial charge in [0.2, 0.25) is 11.4 Å². The van der Waals surface area contributed by atoms with Crippen molar-refractivity contribution in [3.63, 3.8) is 0 Å². The standard InChI is InChI=1S/C20H20FN3O4/c21-14-5-3-13(4-6-14)10-20(12-25)11-24(9-7-16(20)26)19(27)17-15-2-1-8-22-18(15)23-28-17/h1-6,8,16,25-26H,7,9-12H2/t16-,20-/m0/s1. The number of piperidine rings is 1. The third kappa shape index (κ3) is 3.25. The van der Waals surface area contributed by atoms with Gasteiger partial charge in [-0.1, -0.05) is 17.3 Å². The van der Waals surface area contributed by atoms with Crippen LogP contribution in [-0.4, -0.2) is 57.0 Å². The lowest BCUT2D eigenvalue weighted by Crippen LogP contribution is -2.56. The number of likely N-dealkylation sites (tertiary alicyclic amines) is 1. The number of carbonyl (C=O) groups excluding carboxylic acids is 1. The number of amides is 1. The highest BCUT2D eigenvalue weighted by Crippen LogP contribution is 2.35. The van der Waals surface area contributed by atoms with Gasteiger partial charge in [-0.3, -0.25) is 4.79 Å². The number of rotatable bonds is 4. The molecule has 1 aromatic carbocycles. The molecule has 0 radical (unpaired) electrons. The summed E-state index contributed by atoms with van der Waals surface area (Å²) in [7, 11) is 0. The monoisotopic (exact) mass is 385 g/mol. The van der Waals surface area contributed by atoms with E-state index in [0.717, 1.165) is 5.56 Å². The first-order chi connectivity index (χ1) is 13.5. The molecule has 2 N–H and O–H groups in total. The smallest absolute Gasteiger partial charge is 0.293 e. The molecule has 7 nitrogen and oxygen atoms in total. The predicted octanol–water partition coefficient (Wildman–Crippen LogP) is 1.79. The van der Waals surface area contributed by atoms with E-state index in [2.05, 4.69) is 10.1 Å². The number of carbonyl (C=O) groups is 1. The van der Waals surface area contributed by atoms with E-state index in [1.165, 1.54) is 12.1 Å². The van der Waals surface area contributed by atoms with Gasteiger partial charge in [0.25, 0.3) is 5.91 Å². The normalized spacial score (nSPS) is 22.5. The molecule has 8 heteroatoms. The van der Waals surface area contributed by atoms with Crippen molar-refractivity contribution in [3.8, 4) is 0 Å². The highest BCUT2D eigenvalue weighted by Gasteiger charge is 2.44. The van der Waals surface area contributed by atoms with Crippen molar-refractivity contribution in [2.45, 2.75) is 18.9 Å². The first-order valence-electron chi connectivity index (χ1n) is 9.05. The van der Waals surface area contributed by atoms with Crippen LogP contribution in [-0.2, 0) is 6.42 Å². The number of nitrogens with zero attached hydrogens (tertiary/aromatic N) is 3. The highest BCUT2D eigenvalue weighted by molar-refractivity contribution is 6.02. The molecule has 0 saturated carbocycles. The molecule has 3 aromatic rings. The average molecular weight is 385 g/mol. The average Bonchev–Trinajstić information content (AvgIpc) is 3.15. The van der Waals surface area contributed by atoms with Gasteiger partial charge in [-0.2, -0.15) is 0 Å². The molecule has 4 rings (SSSR count). The number of pyridine rings is 1. The molecular formula is C20H20FN3O4. The van der Waals surface area contributed by atoms with Crippen molar-refractivity contribution in [2.75, 3.05) is 19.7 Å². The molecule has 0 unspecified atom stereocenters. The number of halogens is 1. The second kappa shape index (κ2) is 7.29. The first-order valence-corrected chi connectivity index (χ1v) is 9.05. The van der Waals surface area contributed by atoms with E-state index in [4.69, 9.17) is 4.52 Å². The van der Waals surface area contributed by atoms with E-state index in [1.54, 1.807) is 35.4 Å². The van der Waals surface area contributed by atoms with Crippen molar-refractivity contribution in [3.05, 3.63) is 59.7 Å². The zero-order valence-electron chi connectivity index (χ0n) is 15.1. The minimum Gasteiger partial charge on any atom is -0.396 e. The summed E-state index contributed by atoms with van der Waals surface area (Å²) in [5, 5.41) is 25.1. The van der Waals surface area contributed by atoms with Crippen LogP contribution >= 0.6 is 0 Å². The SMILES string of the molecule is O=C(c1onc2ncccc12)N1CC[C@H](O)[C@@](CO)(Cc2ccc(F)cc2)C1. The summed E-state index contributed by atoms with van der Waals surface area (Å²) in [5.74, 6) is -0.624. The Balaban J connectivity index is 1.61. The largest absolute Gasteiger partial charge is 0.396 e. The third-order valence-electron chi connectivity index (χ3n) is 5.41. The second-order valence-electron chi connectivity index (χ2n) is 7.24. The maximum Gasteiger partial charge on any atom is 0.293 e. The van der Waals surface area contributed by atoms with Crippen LogP contribution in [0.25, 0.3) is 11.0 Å². The number of fused-ring (bicyclic) bond motifs is 1. The molecule has 3 heterocycles. The molecule has 146 valence electrons. The number of aliphatic hydroxyl groups is 2. The molecule has 1 saturated heterocycles. The maximum atomic E-state index is 13.2. The third-order valence-corrected chi connectivity index (χ3v) is 5.41. The minimum absolute atomic E-state index is 0.0908. The quantitative estimate of drug-likeness (QED) is 0.710. The summed E-state index contributed by atoms with van der Waals surface area (Å²) in [6.45, 7) is 0.158. The number of aliphatic hydroxyl groups excluding tert-OH is 2. The van der Waals surface area contributed by atoms with Crippen LogP contribution in [0, 0.1) is 11.2 Å². The summed E-state index contributed by atoms with van der Waals surface area (Å²) in [4.78, 5) is 18.7. The number of benzene rings is 1. The lowest BCUT2D eigenvalue weighted by molar-refractivity contribution is -0.0673. The molecule has 1 amide bonds. The van der Waals surface area contributed by atoms with Gasteiger partial charge in [-0.05, 0) is 42.7 Å². The zero-order valence-corrected chi connectivity index (χ0v) is 15.1. The van der Waals surface area contributed by atoms with Crippen molar-refractivity contribution < 1.29 is 23.9 Å².